The molecule has 0 atom stereocenters. The molecule has 1 heterocycles. The molecule has 0 amide bonds. The van der Waals surface area contributed by atoms with Gasteiger partial charge >= 0.3 is 0 Å². The average Bonchev–Trinajstić information content (AvgIpc) is 2.74. The van der Waals surface area contributed by atoms with Gasteiger partial charge < -0.3 is 4.74 Å². The Morgan fingerprint density at radius 3 is 2.74 bits per heavy atom. The van der Waals surface area contributed by atoms with Gasteiger partial charge in [-0.2, -0.15) is 0 Å². The van der Waals surface area contributed by atoms with Crippen molar-refractivity contribution in [1.29, 1.82) is 0 Å². The molecule has 0 fully saturated rings. The van der Waals surface area contributed by atoms with E-state index in [9.17, 15) is 8.42 Å². The molecular weight excluding hydrogens is 308 g/mol. The van der Waals surface area contributed by atoms with Gasteiger partial charge in [0.25, 0.3) is 10.0 Å². The third-order valence-corrected chi connectivity index (χ3v) is 4.86. The van der Waals surface area contributed by atoms with Gasteiger partial charge in [-0.25, -0.2) is 13.4 Å². The number of ether oxygens (including phenoxy) is 1. The van der Waals surface area contributed by atoms with Crippen LogP contribution in [0.2, 0.25) is 5.02 Å². The first-order chi connectivity index (χ1) is 8.92. The lowest BCUT2D eigenvalue weighted by atomic mass is 10.3. The summed E-state index contributed by atoms with van der Waals surface area (Å²) in [5, 5.41) is 2.38. The minimum absolute atomic E-state index is 0.0182. The van der Waals surface area contributed by atoms with Crippen molar-refractivity contribution in [1.82, 2.24) is 4.98 Å². The van der Waals surface area contributed by atoms with E-state index < -0.39 is 10.0 Å². The van der Waals surface area contributed by atoms with Crippen LogP contribution in [-0.2, 0) is 10.0 Å². The van der Waals surface area contributed by atoms with E-state index in [1.165, 1.54) is 30.6 Å². The zero-order valence-corrected chi connectivity index (χ0v) is 12.6. The van der Waals surface area contributed by atoms with Crippen molar-refractivity contribution in [2.75, 3.05) is 11.8 Å². The standard InChI is InChI=1S/C11H11ClN2O3S2/c1-7-6-18-11(13-7)14-19(15,16)10-5-8(12)3-4-9(10)17-2/h3-6H,1-2H3,(H,13,14). The summed E-state index contributed by atoms with van der Waals surface area (Å²) in [5.41, 5.74) is 0.751. The van der Waals surface area contributed by atoms with Crippen LogP contribution in [0.4, 0.5) is 5.13 Å². The highest BCUT2D eigenvalue weighted by molar-refractivity contribution is 7.93. The monoisotopic (exact) mass is 318 g/mol. The molecule has 0 aliphatic carbocycles. The maximum Gasteiger partial charge on any atom is 0.267 e. The molecule has 1 aromatic heterocycles. The lowest BCUT2D eigenvalue weighted by Crippen LogP contribution is -2.14. The Balaban J connectivity index is 2.41. The minimum atomic E-state index is -3.78. The Labute approximate surface area is 120 Å². The number of hydrogen-bond donors (Lipinski definition) is 1. The second kappa shape index (κ2) is 5.36. The first-order valence-corrected chi connectivity index (χ1v) is 7.95. The minimum Gasteiger partial charge on any atom is -0.495 e. The van der Waals surface area contributed by atoms with Crippen molar-refractivity contribution in [3.63, 3.8) is 0 Å². The van der Waals surface area contributed by atoms with E-state index in [-0.39, 0.29) is 10.6 Å². The number of halogens is 1. The average molecular weight is 319 g/mol. The van der Waals surface area contributed by atoms with Gasteiger partial charge in [-0.3, -0.25) is 4.72 Å². The second-order valence-corrected chi connectivity index (χ2v) is 6.64. The number of benzene rings is 1. The van der Waals surface area contributed by atoms with Gasteiger partial charge in [-0.05, 0) is 25.1 Å². The van der Waals surface area contributed by atoms with Crippen LogP contribution in [0.3, 0.4) is 0 Å². The Bertz CT molecular complexity index is 698. The van der Waals surface area contributed by atoms with Gasteiger partial charge in [0, 0.05) is 10.4 Å². The van der Waals surface area contributed by atoms with E-state index in [2.05, 4.69) is 9.71 Å². The smallest absolute Gasteiger partial charge is 0.267 e. The number of nitrogens with zero attached hydrogens (tertiary/aromatic N) is 1. The van der Waals surface area contributed by atoms with Crippen LogP contribution in [0.25, 0.3) is 0 Å². The normalized spacial score (nSPS) is 11.3. The number of aromatic nitrogens is 1. The Morgan fingerprint density at radius 2 is 2.16 bits per heavy atom. The Hall–Kier alpha value is -1.31. The Morgan fingerprint density at radius 1 is 1.42 bits per heavy atom. The fourth-order valence-corrected chi connectivity index (χ4v) is 3.81. The fraction of sp³-hybridized carbons (Fsp3) is 0.182. The summed E-state index contributed by atoms with van der Waals surface area (Å²) < 4.78 is 32.0. The van der Waals surface area contributed by atoms with Crippen molar-refractivity contribution in [3.8, 4) is 5.75 Å². The van der Waals surface area contributed by atoms with Crippen LogP contribution >= 0.6 is 22.9 Å². The van der Waals surface area contributed by atoms with Gasteiger partial charge in [0.2, 0.25) is 0 Å². The van der Waals surface area contributed by atoms with E-state index in [1.54, 1.807) is 18.4 Å². The molecule has 0 unspecified atom stereocenters. The third-order valence-electron chi connectivity index (χ3n) is 2.26. The van der Waals surface area contributed by atoms with Gasteiger partial charge in [-0.1, -0.05) is 11.6 Å². The van der Waals surface area contributed by atoms with Crippen molar-refractivity contribution in [3.05, 3.63) is 34.3 Å². The number of thiazole rings is 1. The molecule has 2 aromatic rings. The number of hydrogen-bond acceptors (Lipinski definition) is 5. The van der Waals surface area contributed by atoms with Crippen molar-refractivity contribution < 1.29 is 13.2 Å². The molecular formula is C11H11ClN2O3S2. The van der Waals surface area contributed by atoms with E-state index >= 15 is 0 Å². The molecule has 0 bridgehead atoms. The molecule has 0 saturated carbocycles. The highest BCUT2D eigenvalue weighted by Crippen LogP contribution is 2.29. The summed E-state index contributed by atoms with van der Waals surface area (Å²) in [6.45, 7) is 1.79. The molecule has 5 nitrogen and oxygen atoms in total. The molecule has 19 heavy (non-hydrogen) atoms. The molecule has 0 aliphatic rings. The molecule has 2 rings (SSSR count). The fourth-order valence-electron chi connectivity index (χ4n) is 1.43. The summed E-state index contributed by atoms with van der Waals surface area (Å²) in [6, 6.07) is 4.40. The summed E-state index contributed by atoms with van der Waals surface area (Å²) in [6.07, 6.45) is 0. The zero-order chi connectivity index (χ0) is 14.0. The van der Waals surface area contributed by atoms with E-state index in [0.717, 1.165) is 5.69 Å². The lowest BCUT2D eigenvalue weighted by Gasteiger charge is -2.10. The van der Waals surface area contributed by atoms with Crippen LogP contribution in [-0.4, -0.2) is 20.5 Å². The predicted molar refractivity (Wildman–Crippen MR) is 75.7 cm³/mol. The number of nitrogens with one attached hydrogen (secondary N) is 1. The van der Waals surface area contributed by atoms with E-state index in [1.807, 2.05) is 0 Å². The first kappa shape index (κ1) is 14.1. The lowest BCUT2D eigenvalue weighted by molar-refractivity contribution is 0.403. The van der Waals surface area contributed by atoms with E-state index in [4.69, 9.17) is 16.3 Å². The molecule has 0 spiro atoms. The first-order valence-electron chi connectivity index (χ1n) is 5.21. The second-order valence-electron chi connectivity index (χ2n) is 3.69. The molecule has 102 valence electrons. The van der Waals surface area contributed by atoms with Crippen LogP contribution < -0.4 is 9.46 Å². The molecule has 1 N–H and O–H groups in total. The van der Waals surface area contributed by atoms with Gasteiger partial charge in [0.15, 0.2) is 5.13 Å². The molecule has 0 aliphatic heterocycles. The van der Waals surface area contributed by atoms with Crippen LogP contribution in [0.5, 0.6) is 5.75 Å². The van der Waals surface area contributed by atoms with Crippen molar-refractivity contribution >= 4 is 38.1 Å². The summed E-state index contributed by atoms with van der Waals surface area (Å²) in [5.74, 6) is 0.227. The highest BCUT2D eigenvalue weighted by Gasteiger charge is 2.21. The molecule has 1 aromatic carbocycles. The highest BCUT2D eigenvalue weighted by atomic mass is 35.5. The van der Waals surface area contributed by atoms with Gasteiger partial charge in [0.05, 0.1) is 12.8 Å². The summed E-state index contributed by atoms with van der Waals surface area (Å²) in [4.78, 5) is 4.04. The predicted octanol–water partition coefficient (Wildman–Crippen LogP) is 2.91. The third kappa shape index (κ3) is 3.17. The molecule has 0 radical (unpaired) electrons. The zero-order valence-electron chi connectivity index (χ0n) is 10.2. The van der Waals surface area contributed by atoms with E-state index in [0.29, 0.717) is 10.2 Å². The van der Waals surface area contributed by atoms with Gasteiger partial charge in [-0.15, -0.1) is 11.3 Å². The molecule has 8 heteroatoms. The summed E-state index contributed by atoms with van der Waals surface area (Å²) >= 11 is 7.04. The largest absolute Gasteiger partial charge is 0.495 e. The number of methoxy groups -OCH3 is 1. The maximum absolute atomic E-state index is 12.3. The van der Waals surface area contributed by atoms with Crippen LogP contribution in [0, 0.1) is 6.92 Å². The number of rotatable bonds is 4. The van der Waals surface area contributed by atoms with Gasteiger partial charge in [0.1, 0.15) is 10.6 Å². The number of aryl methyl sites for hydroxylation is 1. The van der Waals surface area contributed by atoms with Crippen molar-refractivity contribution in [2.45, 2.75) is 11.8 Å². The van der Waals surface area contributed by atoms with Crippen LogP contribution in [0.15, 0.2) is 28.5 Å². The van der Waals surface area contributed by atoms with Crippen molar-refractivity contribution in [2.24, 2.45) is 0 Å². The quantitative estimate of drug-likeness (QED) is 0.941. The SMILES string of the molecule is COc1ccc(Cl)cc1S(=O)(=O)Nc1nc(C)cs1. The van der Waals surface area contributed by atoms with Crippen LogP contribution in [0.1, 0.15) is 5.69 Å². The summed E-state index contributed by atoms with van der Waals surface area (Å²) in [7, 11) is -2.38. The number of sulfonamides is 1. The Kier molecular flexibility index (Phi) is 3.98. The molecule has 0 saturated heterocycles. The maximum atomic E-state index is 12.3. The number of anilines is 1. The topological polar surface area (TPSA) is 68.3 Å².